The van der Waals surface area contributed by atoms with Gasteiger partial charge in [0.05, 0.1) is 0 Å². The van der Waals surface area contributed by atoms with E-state index in [1.165, 1.54) is 23.1 Å². The zero-order valence-electron chi connectivity index (χ0n) is 22.5. The summed E-state index contributed by atoms with van der Waals surface area (Å²) in [5.74, 6) is -3.77. The van der Waals surface area contributed by atoms with Crippen molar-refractivity contribution >= 4 is 21.7 Å². The number of nitrogens with zero attached hydrogens (tertiary/aromatic N) is 4. The summed E-state index contributed by atoms with van der Waals surface area (Å²) in [6.45, 7) is 4.15. The van der Waals surface area contributed by atoms with E-state index in [1.807, 2.05) is 0 Å². The van der Waals surface area contributed by atoms with Gasteiger partial charge in [0.25, 0.3) is 0 Å². The number of hydrogen-bond donors (Lipinski definition) is 1. The van der Waals surface area contributed by atoms with Crippen LogP contribution in [-0.2, 0) is 25.8 Å². The molecule has 5 rings (SSSR count). The first kappa shape index (κ1) is 29.5. The van der Waals surface area contributed by atoms with Gasteiger partial charge in [0.2, 0.25) is 0 Å². The van der Waals surface area contributed by atoms with E-state index in [9.17, 15) is 31.9 Å². The number of halogens is 3. The molecule has 0 spiro atoms. The zero-order valence-corrected chi connectivity index (χ0v) is 25.5. The monoisotopic (exact) mass is 701 g/mol. The standard InChI is InChI=1S/C27H28F2IN4O6S/c1-26(2)16-10-30-13-27(26,24-15(16)9-19(32-33-24)23-17(28)5-4-6-18(23)29)14-34(8-7-22(35)36)25(37)20-11-40-21(31-20)12-41(3,38)39/h4-6,9,11,16H,7-8,10,12-14H2,1-3H3,(H,35,36)/q-1/t16-,27-/m0/s1. The van der Waals surface area contributed by atoms with Crippen molar-refractivity contribution in [3.63, 3.8) is 0 Å². The number of carbonyl (C=O) groups is 2. The molecule has 10 nitrogen and oxygen atoms in total. The van der Waals surface area contributed by atoms with Gasteiger partial charge >= 0.3 is 247 Å². The molecule has 2 aromatic heterocycles. The molecule has 3 aromatic rings. The summed E-state index contributed by atoms with van der Waals surface area (Å²) >= 11 is -0.351. The van der Waals surface area contributed by atoms with E-state index in [4.69, 9.17) is 4.42 Å². The Morgan fingerprint density at radius 3 is 2.59 bits per heavy atom. The molecule has 41 heavy (non-hydrogen) atoms. The third-order valence-corrected chi connectivity index (χ3v) is 12.2. The average molecular weight is 702 g/mol. The van der Waals surface area contributed by atoms with Crippen LogP contribution in [0.4, 0.5) is 8.78 Å². The van der Waals surface area contributed by atoms with Crippen molar-refractivity contribution in [2.75, 3.05) is 28.2 Å². The van der Waals surface area contributed by atoms with Crippen LogP contribution in [0.1, 0.15) is 53.8 Å². The summed E-state index contributed by atoms with van der Waals surface area (Å²) in [7, 11) is -3.46. The maximum absolute atomic E-state index is 14.6. The predicted octanol–water partition coefficient (Wildman–Crippen LogP) is 0.0353. The van der Waals surface area contributed by atoms with Gasteiger partial charge in [-0.25, -0.2) is 0 Å². The molecule has 0 saturated carbocycles. The van der Waals surface area contributed by atoms with Gasteiger partial charge < -0.3 is 0 Å². The molecule has 14 heteroatoms. The second-order valence-electron chi connectivity index (χ2n) is 11.0. The van der Waals surface area contributed by atoms with E-state index in [-0.39, 0.29) is 69.5 Å². The third-order valence-electron chi connectivity index (χ3n) is 8.06. The van der Waals surface area contributed by atoms with Gasteiger partial charge in [0, 0.05) is 0 Å². The van der Waals surface area contributed by atoms with Gasteiger partial charge in [-0.15, -0.1) is 0 Å². The molecule has 220 valence electrons. The van der Waals surface area contributed by atoms with Crippen molar-refractivity contribution < 1.29 is 57.5 Å². The van der Waals surface area contributed by atoms with Gasteiger partial charge in [0.1, 0.15) is 0 Å². The first-order chi connectivity index (χ1) is 19.2. The average Bonchev–Trinajstić information content (AvgIpc) is 3.33. The molecule has 1 N–H and O–H groups in total. The molecule has 0 unspecified atom stereocenters. The Hall–Kier alpha value is -3.01. The fraction of sp³-hybridized carbons (Fsp3) is 0.444. The molecular formula is C27H28F2IN4O6S-. The van der Waals surface area contributed by atoms with Crippen molar-refractivity contribution in [2.24, 2.45) is 5.41 Å². The van der Waals surface area contributed by atoms with E-state index in [2.05, 4.69) is 29.0 Å². The fourth-order valence-electron chi connectivity index (χ4n) is 5.76. The number of fused-ring (bicyclic) bond motifs is 5. The van der Waals surface area contributed by atoms with Gasteiger partial charge in [-0.1, -0.05) is 0 Å². The fourth-order valence-corrected chi connectivity index (χ4v) is 11.4. The molecular weight excluding hydrogens is 673 g/mol. The van der Waals surface area contributed by atoms with Gasteiger partial charge in [-0.3, -0.25) is 0 Å². The first-order valence-electron chi connectivity index (χ1n) is 12.7. The van der Waals surface area contributed by atoms with Crippen LogP contribution in [0.2, 0.25) is 0 Å². The minimum absolute atomic E-state index is 0.00738. The molecule has 2 bridgehead atoms. The molecule has 1 aliphatic carbocycles. The molecule has 2 atom stereocenters. The Morgan fingerprint density at radius 2 is 1.93 bits per heavy atom. The summed E-state index contributed by atoms with van der Waals surface area (Å²) in [5, 5.41) is 18.2. The van der Waals surface area contributed by atoms with Crippen LogP contribution in [0, 0.1) is 17.0 Å². The van der Waals surface area contributed by atoms with Crippen LogP contribution in [-0.4, -0.2) is 73.7 Å². The Balaban J connectivity index is 1.55. The molecule has 1 saturated heterocycles. The first-order valence-corrected chi connectivity index (χ1v) is 17.8. The van der Waals surface area contributed by atoms with Crippen LogP contribution in [0.5, 0.6) is 0 Å². The third kappa shape index (κ3) is 5.35. The number of alkyl halides is 2. The summed E-state index contributed by atoms with van der Waals surface area (Å²) in [5.41, 5.74) is 0.0710. The van der Waals surface area contributed by atoms with Gasteiger partial charge in [-0.05, 0) is 0 Å². The molecule has 0 radical (unpaired) electrons. The number of carbonyl (C=O) groups excluding carboxylic acids is 1. The molecule has 2 aliphatic rings. The summed E-state index contributed by atoms with van der Waals surface area (Å²) < 4.78 is 59.4. The van der Waals surface area contributed by atoms with Crippen molar-refractivity contribution in [2.45, 2.75) is 37.4 Å². The molecule has 1 fully saturated rings. The number of amides is 1. The van der Waals surface area contributed by atoms with Crippen molar-refractivity contribution in [1.29, 1.82) is 0 Å². The van der Waals surface area contributed by atoms with E-state index >= 15 is 0 Å². The number of benzene rings is 1. The topological polar surface area (TPSA) is 144 Å². The van der Waals surface area contributed by atoms with Crippen LogP contribution in [0.25, 0.3) is 11.3 Å². The zero-order chi connectivity index (χ0) is 29.7. The number of aliphatic carboxylic acids is 1. The minimum atomic E-state index is -3.46. The Morgan fingerprint density at radius 1 is 1.22 bits per heavy atom. The number of carboxylic acid groups (broad SMARTS) is 1. The number of oxazole rings is 1. The van der Waals surface area contributed by atoms with Crippen molar-refractivity contribution in [1.82, 2.24) is 20.1 Å². The van der Waals surface area contributed by atoms with Crippen LogP contribution in [0.15, 0.2) is 34.9 Å². The molecule has 3 heterocycles. The number of hydrogen-bond acceptors (Lipinski definition) is 8. The van der Waals surface area contributed by atoms with E-state index in [1.54, 1.807) is 6.07 Å². The predicted molar refractivity (Wildman–Crippen MR) is 139 cm³/mol. The van der Waals surface area contributed by atoms with Crippen LogP contribution >= 0.6 is 0 Å². The number of carboxylic acids is 1. The summed E-state index contributed by atoms with van der Waals surface area (Å²) in [6.07, 6.45) is 1.78. The van der Waals surface area contributed by atoms with E-state index < -0.39 is 49.9 Å². The van der Waals surface area contributed by atoms with Gasteiger partial charge in [0.15, 0.2) is 0 Å². The normalized spacial score (nSPS) is 21.1. The summed E-state index contributed by atoms with van der Waals surface area (Å²) in [6, 6.07) is 5.32. The summed E-state index contributed by atoms with van der Waals surface area (Å²) in [4.78, 5) is 30.6. The number of aromatic nitrogens is 3. The second kappa shape index (κ2) is 10.7. The van der Waals surface area contributed by atoms with Crippen LogP contribution < -0.4 is 21.2 Å². The molecule has 1 aromatic carbocycles. The molecule has 1 amide bonds. The van der Waals surface area contributed by atoms with Crippen molar-refractivity contribution in [3.8, 4) is 11.3 Å². The maximum atomic E-state index is 14.6. The Bertz CT molecular complexity index is 1630. The van der Waals surface area contributed by atoms with Crippen molar-refractivity contribution in [3.05, 3.63) is 65.0 Å². The van der Waals surface area contributed by atoms with Crippen LogP contribution in [0.3, 0.4) is 0 Å². The molecule has 1 aliphatic heterocycles. The van der Waals surface area contributed by atoms with E-state index in [0.29, 0.717) is 5.69 Å². The number of sulfone groups is 1. The Kier molecular flexibility index (Phi) is 7.68. The van der Waals surface area contributed by atoms with E-state index in [0.717, 1.165) is 26.9 Å². The Labute approximate surface area is 245 Å². The SMILES string of the molecule is CC1(C)[C@H]2C[I-]C[C@]1(CN(CCC(=O)O)C(=O)c1coc(CS(C)(=O)=O)n1)c1nnc(-c3c(F)cccc3F)cc12. The van der Waals surface area contributed by atoms with Gasteiger partial charge in [-0.2, -0.15) is 0 Å². The quantitative estimate of drug-likeness (QED) is 0.242. The second-order valence-corrected chi connectivity index (χ2v) is 15.9. The number of rotatable bonds is 9.